The molecule has 3 nitrogen and oxygen atoms in total. The molecule has 68 valence electrons. The first kappa shape index (κ1) is 9.19. The van der Waals surface area contributed by atoms with E-state index in [1.54, 1.807) is 6.20 Å². The quantitative estimate of drug-likeness (QED) is 0.716. The number of nitrogens with two attached hydrogens (primary N) is 1. The van der Waals surface area contributed by atoms with E-state index >= 15 is 0 Å². The summed E-state index contributed by atoms with van der Waals surface area (Å²) < 4.78 is 13.2. The van der Waals surface area contributed by atoms with Gasteiger partial charge in [0.05, 0.1) is 0 Å². The summed E-state index contributed by atoms with van der Waals surface area (Å²) in [7, 11) is 0. The minimum atomic E-state index is -1.40. The minimum absolute atomic E-state index is 0.367. The maximum absolute atomic E-state index is 13.2. The molecule has 12 heavy (non-hydrogen) atoms. The smallest absolute Gasteiger partial charge is 0.162 e. The average molecular weight is 171 g/mol. The van der Waals surface area contributed by atoms with Gasteiger partial charge in [0.25, 0.3) is 0 Å². The maximum Gasteiger partial charge on any atom is 0.162 e. The van der Waals surface area contributed by atoms with Crippen LogP contribution in [0, 0.1) is 0 Å². The summed E-state index contributed by atoms with van der Waals surface area (Å²) in [6.07, 6.45) is 2.34. The SMILES string of the molecule is CC(C)(F)c1ncc(CCN)[nH]1. The lowest BCUT2D eigenvalue weighted by Gasteiger charge is -2.09. The number of halogens is 1. The number of nitrogens with zero attached hydrogens (tertiary/aromatic N) is 1. The number of imidazole rings is 1. The summed E-state index contributed by atoms with van der Waals surface area (Å²) in [6, 6.07) is 0. The molecule has 3 N–H and O–H groups in total. The van der Waals surface area contributed by atoms with Gasteiger partial charge in [-0.1, -0.05) is 0 Å². The predicted molar refractivity (Wildman–Crippen MR) is 45.5 cm³/mol. The third-order valence-corrected chi connectivity index (χ3v) is 1.61. The molecule has 0 saturated carbocycles. The number of hydrogen-bond acceptors (Lipinski definition) is 2. The standard InChI is InChI=1S/C8H14FN3/c1-8(2,9)7-11-5-6(12-7)3-4-10/h5H,3-4,10H2,1-2H3,(H,11,12). The van der Waals surface area contributed by atoms with Gasteiger partial charge in [0, 0.05) is 18.3 Å². The minimum Gasteiger partial charge on any atom is -0.343 e. The van der Waals surface area contributed by atoms with E-state index in [0.29, 0.717) is 18.8 Å². The number of alkyl halides is 1. The summed E-state index contributed by atoms with van der Waals surface area (Å²) in [6.45, 7) is 3.49. The van der Waals surface area contributed by atoms with Gasteiger partial charge in [-0.25, -0.2) is 9.37 Å². The van der Waals surface area contributed by atoms with Gasteiger partial charge in [-0.15, -0.1) is 0 Å². The van der Waals surface area contributed by atoms with Crippen molar-refractivity contribution in [2.75, 3.05) is 6.54 Å². The number of H-pyrrole nitrogens is 1. The van der Waals surface area contributed by atoms with Crippen LogP contribution in [0.25, 0.3) is 0 Å². The first-order chi connectivity index (χ1) is 5.54. The van der Waals surface area contributed by atoms with E-state index in [2.05, 4.69) is 9.97 Å². The van der Waals surface area contributed by atoms with Crippen LogP contribution in [0.3, 0.4) is 0 Å². The fourth-order valence-corrected chi connectivity index (χ4v) is 0.944. The van der Waals surface area contributed by atoms with Gasteiger partial charge in [0.2, 0.25) is 0 Å². The number of nitrogens with one attached hydrogen (secondary N) is 1. The molecular weight excluding hydrogens is 157 g/mol. The molecule has 0 fully saturated rings. The Balaban J connectivity index is 2.77. The maximum atomic E-state index is 13.2. The molecule has 0 aliphatic carbocycles. The second kappa shape index (κ2) is 3.23. The van der Waals surface area contributed by atoms with Gasteiger partial charge in [-0.2, -0.15) is 0 Å². The average Bonchev–Trinajstić information content (AvgIpc) is 2.35. The molecule has 0 unspecified atom stereocenters. The molecule has 1 aromatic heterocycles. The van der Waals surface area contributed by atoms with E-state index in [1.807, 2.05) is 0 Å². The second-order valence-corrected chi connectivity index (χ2v) is 3.27. The van der Waals surface area contributed by atoms with Crippen LogP contribution in [0.2, 0.25) is 0 Å². The number of rotatable bonds is 3. The Morgan fingerprint density at radius 2 is 2.33 bits per heavy atom. The molecule has 0 bridgehead atoms. The Morgan fingerprint density at radius 3 is 2.75 bits per heavy atom. The van der Waals surface area contributed by atoms with Crippen LogP contribution < -0.4 is 5.73 Å². The summed E-state index contributed by atoms with van der Waals surface area (Å²) in [5, 5.41) is 0. The molecule has 1 rings (SSSR count). The monoisotopic (exact) mass is 171 g/mol. The molecule has 0 radical (unpaired) electrons. The van der Waals surface area contributed by atoms with Crippen LogP contribution in [0.5, 0.6) is 0 Å². The molecule has 0 atom stereocenters. The molecule has 0 amide bonds. The van der Waals surface area contributed by atoms with Crippen molar-refractivity contribution in [2.45, 2.75) is 25.9 Å². The highest BCUT2D eigenvalue weighted by Gasteiger charge is 2.22. The molecule has 1 heterocycles. The third kappa shape index (κ3) is 2.04. The van der Waals surface area contributed by atoms with Crippen LogP contribution in [0.15, 0.2) is 6.20 Å². The van der Waals surface area contributed by atoms with E-state index in [0.717, 1.165) is 5.69 Å². The van der Waals surface area contributed by atoms with Gasteiger partial charge in [0.15, 0.2) is 5.67 Å². The Bertz CT molecular complexity index is 249. The van der Waals surface area contributed by atoms with Crippen LogP contribution in [0.1, 0.15) is 25.4 Å². The van der Waals surface area contributed by atoms with Crippen LogP contribution in [-0.2, 0) is 12.1 Å². The normalized spacial score (nSPS) is 12.0. The highest BCUT2D eigenvalue weighted by molar-refractivity contribution is 5.06. The summed E-state index contributed by atoms with van der Waals surface area (Å²) in [5.74, 6) is 0.367. The Hall–Kier alpha value is -0.900. The van der Waals surface area contributed by atoms with Crippen LogP contribution in [-0.4, -0.2) is 16.5 Å². The van der Waals surface area contributed by atoms with Crippen molar-refractivity contribution in [1.82, 2.24) is 9.97 Å². The first-order valence-corrected chi connectivity index (χ1v) is 3.97. The zero-order valence-electron chi connectivity index (χ0n) is 7.39. The Kier molecular flexibility index (Phi) is 2.47. The zero-order valence-corrected chi connectivity index (χ0v) is 7.39. The van der Waals surface area contributed by atoms with E-state index in [1.165, 1.54) is 13.8 Å². The fourth-order valence-electron chi connectivity index (χ4n) is 0.944. The molecule has 0 spiro atoms. The first-order valence-electron chi connectivity index (χ1n) is 3.97. The van der Waals surface area contributed by atoms with Crippen LogP contribution in [0.4, 0.5) is 4.39 Å². The van der Waals surface area contributed by atoms with E-state index in [4.69, 9.17) is 5.73 Å². The topological polar surface area (TPSA) is 54.7 Å². The lowest BCUT2D eigenvalue weighted by atomic mass is 10.2. The van der Waals surface area contributed by atoms with Gasteiger partial charge in [-0.3, -0.25) is 0 Å². The van der Waals surface area contributed by atoms with Crippen LogP contribution >= 0.6 is 0 Å². The number of hydrogen-bond donors (Lipinski definition) is 2. The molecule has 0 saturated heterocycles. The molecule has 0 aliphatic rings. The lowest BCUT2D eigenvalue weighted by Crippen LogP contribution is -2.11. The summed E-state index contributed by atoms with van der Waals surface area (Å²) in [5.41, 5.74) is 4.83. The van der Waals surface area contributed by atoms with Gasteiger partial charge in [-0.05, 0) is 20.4 Å². The second-order valence-electron chi connectivity index (χ2n) is 3.27. The fraction of sp³-hybridized carbons (Fsp3) is 0.625. The van der Waals surface area contributed by atoms with Gasteiger partial charge >= 0.3 is 0 Å². The summed E-state index contributed by atoms with van der Waals surface area (Å²) >= 11 is 0. The molecule has 0 aliphatic heterocycles. The highest BCUT2D eigenvalue weighted by atomic mass is 19.1. The lowest BCUT2D eigenvalue weighted by molar-refractivity contribution is 0.208. The van der Waals surface area contributed by atoms with Gasteiger partial charge < -0.3 is 10.7 Å². The molecule has 1 aromatic rings. The predicted octanol–water partition coefficient (Wildman–Crippen LogP) is 1.12. The number of aromatic amines is 1. The molecule has 4 heteroatoms. The Morgan fingerprint density at radius 1 is 1.67 bits per heavy atom. The molecular formula is C8H14FN3. The van der Waals surface area contributed by atoms with E-state index < -0.39 is 5.67 Å². The number of aromatic nitrogens is 2. The van der Waals surface area contributed by atoms with Gasteiger partial charge in [0.1, 0.15) is 5.82 Å². The van der Waals surface area contributed by atoms with E-state index in [9.17, 15) is 4.39 Å². The van der Waals surface area contributed by atoms with Crippen molar-refractivity contribution in [3.8, 4) is 0 Å². The van der Waals surface area contributed by atoms with E-state index in [-0.39, 0.29) is 0 Å². The molecule has 0 aromatic carbocycles. The summed E-state index contributed by atoms with van der Waals surface area (Å²) in [4.78, 5) is 6.81. The third-order valence-electron chi connectivity index (χ3n) is 1.61. The van der Waals surface area contributed by atoms with Crippen molar-refractivity contribution >= 4 is 0 Å². The Labute approximate surface area is 71.2 Å². The zero-order chi connectivity index (χ0) is 9.19. The van der Waals surface area contributed by atoms with Crippen molar-refractivity contribution in [3.63, 3.8) is 0 Å². The van der Waals surface area contributed by atoms with Crippen molar-refractivity contribution in [2.24, 2.45) is 5.73 Å². The van der Waals surface area contributed by atoms with Crippen molar-refractivity contribution in [3.05, 3.63) is 17.7 Å². The van der Waals surface area contributed by atoms with Crippen molar-refractivity contribution in [1.29, 1.82) is 0 Å². The highest BCUT2D eigenvalue weighted by Crippen LogP contribution is 2.20. The van der Waals surface area contributed by atoms with Crippen molar-refractivity contribution < 1.29 is 4.39 Å². The largest absolute Gasteiger partial charge is 0.343 e.